The largest absolute Gasteiger partial charge is 0.445 e. The summed E-state index contributed by atoms with van der Waals surface area (Å²) in [7, 11) is 0. The van der Waals surface area contributed by atoms with Crippen molar-refractivity contribution in [3.8, 4) is 0 Å². The molecule has 2 rings (SSSR count). The molecule has 1 aliphatic rings. The highest BCUT2D eigenvalue weighted by Gasteiger charge is 2.30. The van der Waals surface area contributed by atoms with E-state index in [0.717, 1.165) is 12.0 Å². The zero-order valence-corrected chi connectivity index (χ0v) is 22.2. The Hall–Kier alpha value is -2.85. The number of amides is 3. The van der Waals surface area contributed by atoms with Crippen LogP contribution in [0.2, 0.25) is 0 Å². The summed E-state index contributed by atoms with van der Waals surface area (Å²) in [4.78, 5) is 41.2. The van der Waals surface area contributed by atoms with Crippen molar-refractivity contribution >= 4 is 18.1 Å². The van der Waals surface area contributed by atoms with Crippen LogP contribution in [0.1, 0.15) is 46.6 Å². The van der Waals surface area contributed by atoms with Crippen molar-refractivity contribution in [2.75, 3.05) is 39.3 Å². The van der Waals surface area contributed by atoms with Crippen LogP contribution in [0.3, 0.4) is 0 Å². The number of aliphatic hydroxyl groups is 1. The van der Waals surface area contributed by atoms with E-state index in [-0.39, 0.29) is 18.6 Å². The summed E-state index contributed by atoms with van der Waals surface area (Å²) >= 11 is 0. The minimum absolute atomic E-state index is 0.0756. The summed E-state index contributed by atoms with van der Waals surface area (Å²) in [5.74, 6) is 0.0465. The van der Waals surface area contributed by atoms with E-state index in [0.29, 0.717) is 38.6 Å². The van der Waals surface area contributed by atoms with Gasteiger partial charge in [-0.2, -0.15) is 0 Å². The number of hydrogen-bond acceptors (Lipinski definition) is 7. The van der Waals surface area contributed by atoms with E-state index in [9.17, 15) is 19.5 Å². The molecule has 2 atom stereocenters. The van der Waals surface area contributed by atoms with Crippen LogP contribution in [0.4, 0.5) is 9.59 Å². The van der Waals surface area contributed by atoms with Crippen LogP contribution in [0, 0.1) is 5.92 Å². The summed E-state index contributed by atoms with van der Waals surface area (Å²) in [6.07, 6.45) is -0.382. The lowest BCUT2D eigenvalue weighted by atomic mass is 10.0. The topological polar surface area (TPSA) is 120 Å². The van der Waals surface area contributed by atoms with Crippen LogP contribution in [-0.2, 0) is 20.9 Å². The smallest absolute Gasteiger partial charge is 0.408 e. The van der Waals surface area contributed by atoms with Gasteiger partial charge in [0.05, 0.1) is 6.61 Å². The van der Waals surface area contributed by atoms with Crippen LogP contribution in [0.15, 0.2) is 30.3 Å². The Morgan fingerprint density at radius 3 is 2.19 bits per heavy atom. The third-order valence-electron chi connectivity index (χ3n) is 5.62. The van der Waals surface area contributed by atoms with Crippen molar-refractivity contribution in [1.82, 2.24) is 20.4 Å². The van der Waals surface area contributed by atoms with E-state index in [4.69, 9.17) is 9.47 Å². The van der Waals surface area contributed by atoms with E-state index >= 15 is 0 Å². The van der Waals surface area contributed by atoms with Gasteiger partial charge in [0.15, 0.2) is 0 Å². The van der Waals surface area contributed by atoms with Crippen LogP contribution < -0.4 is 10.6 Å². The summed E-state index contributed by atoms with van der Waals surface area (Å²) in [6.45, 7) is 12.1. The molecule has 1 fully saturated rings. The zero-order chi connectivity index (χ0) is 26.7. The molecule has 10 heteroatoms. The number of rotatable bonds is 10. The molecule has 10 nitrogen and oxygen atoms in total. The maximum absolute atomic E-state index is 12.9. The molecule has 1 aromatic rings. The number of nitrogens with zero attached hydrogens (tertiary/aromatic N) is 2. The first-order valence-corrected chi connectivity index (χ1v) is 12.6. The third kappa shape index (κ3) is 10.8. The van der Waals surface area contributed by atoms with Gasteiger partial charge in [-0.1, -0.05) is 44.2 Å². The monoisotopic (exact) mass is 506 g/mol. The number of alkyl carbamates (subject to hydrolysis) is 2. The second-order valence-corrected chi connectivity index (χ2v) is 10.5. The maximum atomic E-state index is 12.9. The predicted molar refractivity (Wildman–Crippen MR) is 136 cm³/mol. The fourth-order valence-corrected chi connectivity index (χ4v) is 4.00. The van der Waals surface area contributed by atoms with Crippen LogP contribution in [0.5, 0.6) is 0 Å². The Kier molecular flexibility index (Phi) is 11.5. The molecule has 3 N–H and O–H groups in total. The molecule has 36 heavy (non-hydrogen) atoms. The second kappa shape index (κ2) is 14.0. The van der Waals surface area contributed by atoms with E-state index in [2.05, 4.69) is 29.4 Å². The highest BCUT2D eigenvalue weighted by molar-refractivity contribution is 5.86. The number of ether oxygens (including phenoxy) is 2. The van der Waals surface area contributed by atoms with Gasteiger partial charge in [-0.3, -0.25) is 9.69 Å². The van der Waals surface area contributed by atoms with Crippen molar-refractivity contribution in [2.24, 2.45) is 5.92 Å². The molecule has 1 saturated heterocycles. The molecule has 0 unspecified atom stereocenters. The molecule has 1 aromatic carbocycles. The molecule has 0 aliphatic carbocycles. The molecule has 0 spiro atoms. The molecule has 0 saturated carbocycles. The Morgan fingerprint density at radius 1 is 1.00 bits per heavy atom. The van der Waals surface area contributed by atoms with Gasteiger partial charge in [0.25, 0.3) is 0 Å². The average molecular weight is 507 g/mol. The number of nitrogens with one attached hydrogen (secondary N) is 2. The number of piperazine rings is 1. The fourth-order valence-electron chi connectivity index (χ4n) is 4.00. The van der Waals surface area contributed by atoms with Crippen LogP contribution >= 0.6 is 0 Å². The van der Waals surface area contributed by atoms with Crippen molar-refractivity contribution in [2.45, 2.75) is 65.3 Å². The van der Waals surface area contributed by atoms with E-state index < -0.39 is 30.4 Å². The van der Waals surface area contributed by atoms with Gasteiger partial charge in [0.2, 0.25) is 5.91 Å². The third-order valence-corrected chi connectivity index (χ3v) is 5.62. The lowest BCUT2D eigenvalue weighted by Crippen LogP contribution is -2.57. The van der Waals surface area contributed by atoms with E-state index in [1.807, 2.05) is 51.1 Å². The van der Waals surface area contributed by atoms with Crippen molar-refractivity contribution in [3.63, 3.8) is 0 Å². The first-order valence-electron chi connectivity index (χ1n) is 12.6. The quantitative estimate of drug-likeness (QED) is 0.446. The minimum Gasteiger partial charge on any atom is -0.445 e. The molecular formula is C26H42N4O6. The molecule has 1 heterocycles. The van der Waals surface area contributed by atoms with Gasteiger partial charge in [-0.15, -0.1) is 0 Å². The van der Waals surface area contributed by atoms with Crippen LogP contribution in [-0.4, -0.2) is 90.0 Å². The summed E-state index contributed by atoms with van der Waals surface area (Å²) in [5.41, 5.74) is 0.261. The SMILES string of the molecule is CC(C)C[C@@H](CN1CCN(C(=O)[C@H](CO)NC(=O)OCc2ccccc2)CC1)NC(=O)OC(C)(C)C. The summed E-state index contributed by atoms with van der Waals surface area (Å²) in [6, 6.07) is 8.07. The van der Waals surface area contributed by atoms with Gasteiger partial charge in [0.1, 0.15) is 18.2 Å². The Morgan fingerprint density at radius 2 is 1.64 bits per heavy atom. The van der Waals surface area contributed by atoms with Crippen molar-refractivity contribution in [3.05, 3.63) is 35.9 Å². The fraction of sp³-hybridized carbons (Fsp3) is 0.654. The highest BCUT2D eigenvalue weighted by atomic mass is 16.6. The first-order chi connectivity index (χ1) is 17.0. The molecule has 0 aromatic heterocycles. The molecular weight excluding hydrogens is 464 g/mol. The van der Waals surface area contributed by atoms with Gasteiger partial charge in [-0.05, 0) is 38.7 Å². The van der Waals surface area contributed by atoms with Gasteiger partial charge in [-0.25, -0.2) is 9.59 Å². The lowest BCUT2D eigenvalue weighted by molar-refractivity contribution is -0.136. The maximum Gasteiger partial charge on any atom is 0.408 e. The number of carbonyl (C=O) groups is 3. The second-order valence-electron chi connectivity index (χ2n) is 10.5. The number of carbonyl (C=O) groups excluding carboxylic acids is 3. The van der Waals surface area contributed by atoms with Crippen molar-refractivity contribution < 1.29 is 29.0 Å². The summed E-state index contributed by atoms with van der Waals surface area (Å²) in [5, 5.41) is 15.1. The molecule has 0 bridgehead atoms. The minimum atomic E-state index is -1.07. The van der Waals surface area contributed by atoms with Gasteiger partial charge >= 0.3 is 12.2 Å². The molecule has 1 aliphatic heterocycles. The summed E-state index contributed by atoms with van der Waals surface area (Å²) < 4.78 is 10.6. The number of hydrogen-bond donors (Lipinski definition) is 3. The predicted octanol–water partition coefficient (Wildman–Crippen LogP) is 2.36. The van der Waals surface area contributed by atoms with Gasteiger partial charge < -0.3 is 30.1 Å². The molecule has 3 amide bonds. The molecule has 0 radical (unpaired) electrons. The first kappa shape index (κ1) is 29.4. The van der Waals surface area contributed by atoms with Crippen LogP contribution in [0.25, 0.3) is 0 Å². The van der Waals surface area contributed by atoms with Crippen molar-refractivity contribution in [1.29, 1.82) is 0 Å². The highest BCUT2D eigenvalue weighted by Crippen LogP contribution is 2.12. The zero-order valence-electron chi connectivity index (χ0n) is 22.2. The average Bonchev–Trinajstić information content (AvgIpc) is 2.80. The number of aliphatic hydroxyl groups excluding tert-OH is 1. The standard InChI is InChI=1S/C26H42N4O6/c1-19(2)15-21(27-25(34)36-26(3,4)5)16-29-11-13-30(14-12-29)23(32)22(17-31)28-24(33)35-18-20-9-7-6-8-10-20/h6-10,19,21-22,31H,11-18H2,1-5H3,(H,27,34)(H,28,33)/t21-,22-/m0/s1. The normalized spacial score (nSPS) is 16.2. The van der Waals surface area contributed by atoms with Gasteiger partial charge in [0, 0.05) is 38.8 Å². The number of benzene rings is 1. The molecule has 202 valence electrons. The Balaban J connectivity index is 1.82. The van der Waals surface area contributed by atoms with E-state index in [1.54, 1.807) is 4.90 Å². The Bertz CT molecular complexity index is 835. The lowest BCUT2D eigenvalue weighted by Gasteiger charge is -2.38. The van der Waals surface area contributed by atoms with E-state index in [1.165, 1.54) is 0 Å². The Labute approximate surface area is 214 Å².